The molecule has 6 nitrogen and oxygen atoms in total. The van der Waals surface area contributed by atoms with E-state index in [-0.39, 0.29) is 0 Å². The number of amides is 2. The maximum Gasteiger partial charge on any atom is 0.332 e. The van der Waals surface area contributed by atoms with Crippen molar-refractivity contribution in [2.75, 3.05) is 38.0 Å². The largest absolute Gasteiger partial charge is 0.378 e. The van der Waals surface area contributed by atoms with E-state index in [2.05, 4.69) is 97.0 Å². The average molecular weight is 438 g/mol. The fourth-order valence-corrected chi connectivity index (χ4v) is 3.61. The highest BCUT2D eigenvalue weighted by Crippen LogP contribution is 2.16. The fraction of sp³-hybridized carbons (Fsp3) is 0.462. The van der Waals surface area contributed by atoms with Gasteiger partial charge in [-0.15, -0.1) is 0 Å². The van der Waals surface area contributed by atoms with Gasteiger partial charge in [-0.05, 0) is 86.8 Å². The summed E-state index contributed by atoms with van der Waals surface area (Å²) < 4.78 is 0. The molecule has 0 fully saturated rings. The van der Waals surface area contributed by atoms with Crippen molar-refractivity contribution >= 4 is 23.1 Å². The van der Waals surface area contributed by atoms with Crippen LogP contribution in [0.4, 0.5) is 16.2 Å². The number of anilines is 2. The molecular formula is C26H39N5O. The third-order valence-electron chi connectivity index (χ3n) is 5.59. The number of carbonyl (C=O) groups excluding carboxylic acids is 1. The summed E-state index contributed by atoms with van der Waals surface area (Å²) in [5, 5.41) is 4.26. The summed E-state index contributed by atoms with van der Waals surface area (Å²) in [4.78, 5) is 15.3. The number of primary amides is 1. The maximum atomic E-state index is 11.1. The number of urea groups is 1. The SMILES string of the molecule is CN(C)c1ccc(CCCCC(CCCCc2ccc(N(C)C)cc2)=NNC(N)=O)cc1. The van der Waals surface area contributed by atoms with Crippen molar-refractivity contribution < 1.29 is 4.79 Å². The molecule has 0 radical (unpaired) electrons. The second-order valence-electron chi connectivity index (χ2n) is 8.69. The maximum absolute atomic E-state index is 11.1. The number of rotatable bonds is 13. The number of unbranched alkanes of at least 4 members (excludes halogenated alkanes) is 2. The lowest BCUT2D eigenvalue weighted by Gasteiger charge is -2.13. The Morgan fingerprint density at radius 2 is 1.16 bits per heavy atom. The van der Waals surface area contributed by atoms with Gasteiger partial charge in [-0.1, -0.05) is 24.3 Å². The molecule has 32 heavy (non-hydrogen) atoms. The molecule has 0 aliphatic rings. The molecular weight excluding hydrogens is 398 g/mol. The highest BCUT2D eigenvalue weighted by atomic mass is 16.2. The molecule has 174 valence electrons. The zero-order valence-corrected chi connectivity index (χ0v) is 20.1. The molecule has 0 aliphatic heterocycles. The molecule has 0 saturated heterocycles. The van der Waals surface area contributed by atoms with Gasteiger partial charge in [-0.3, -0.25) is 0 Å². The minimum absolute atomic E-state index is 0.607. The van der Waals surface area contributed by atoms with E-state index in [1.807, 2.05) is 0 Å². The summed E-state index contributed by atoms with van der Waals surface area (Å²) in [6.07, 6.45) is 8.13. The number of hydrogen-bond acceptors (Lipinski definition) is 4. The van der Waals surface area contributed by atoms with Crippen molar-refractivity contribution in [1.82, 2.24) is 5.43 Å². The molecule has 2 aromatic carbocycles. The lowest BCUT2D eigenvalue weighted by atomic mass is 10.0. The monoisotopic (exact) mass is 437 g/mol. The van der Waals surface area contributed by atoms with E-state index < -0.39 is 6.03 Å². The lowest BCUT2D eigenvalue weighted by Crippen LogP contribution is -2.25. The summed E-state index contributed by atoms with van der Waals surface area (Å²) in [7, 11) is 8.21. The molecule has 0 heterocycles. The summed E-state index contributed by atoms with van der Waals surface area (Å²) >= 11 is 0. The molecule has 2 aromatic rings. The Morgan fingerprint density at radius 1 is 0.750 bits per heavy atom. The Kier molecular flexibility index (Phi) is 10.6. The number of hydrogen-bond donors (Lipinski definition) is 2. The Bertz CT molecular complexity index is 780. The molecule has 0 atom stereocenters. The lowest BCUT2D eigenvalue weighted by molar-refractivity contribution is 0.249. The van der Waals surface area contributed by atoms with Crippen molar-refractivity contribution in [3.8, 4) is 0 Å². The predicted octanol–water partition coefficient (Wildman–Crippen LogP) is 4.97. The normalized spacial score (nSPS) is 10.5. The summed E-state index contributed by atoms with van der Waals surface area (Å²) in [6, 6.07) is 16.8. The van der Waals surface area contributed by atoms with Crippen LogP contribution < -0.4 is 21.0 Å². The molecule has 3 N–H and O–H groups in total. The number of aryl methyl sites for hydroxylation is 2. The van der Waals surface area contributed by atoms with Gasteiger partial charge >= 0.3 is 6.03 Å². The van der Waals surface area contributed by atoms with Gasteiger partial charge in [0.05, 0.1) is 0 Å². The van der Waals surface area contributed by atoms with Crippen molar-refractivity contribution in [2.24, 2.45) is 10.8 Å². The van der Waals surface area contributed by atoms with E-state index in [1.165, 1.54) is 22.5 Å². The van der Waals surface area contributed by atoms with Gasteiger partial charge in [0.1, 0.15) is 0 Å². The van der Waals surface area contributed by atoms with Gasteiger partial charge < -0.3 is 15.5 Å². The van der Waals surface area contributed by atoms with Gasteiger partial charge in [0.15, 0.2) is 0 Å². The number of carbonyl (C=O) groups is 1. The van der Waals surface area contributed by atoms with E-state index in [9.17, 15) is 4.79 Å². The Morgan fingerprint density at radius 3 is 1.50 bits per heavy atom. The van der Waals surface area contributed by atoms with Crippen LogP contribution in [0.5, 0.6) is 0 Å². The summed E-state index contributed by atoms with van der Waals surface area (Å²) in [5.74, 6) is 0. The van der Waals surface area contributed by atoms with Crippen molar-refractivity contribution in [2.45, 2.75) is 51.4 Å². The molecule has 0 unspecified atom stereocenters. The van der Waals surface area contributed by atoms with E-state index in [4.69, 9.17) is 5.73 Å². The number of nitrogens with zero attached hydrogens (tertiary/aromatic N) is 3. The second-order valence-corrected chi connectivity index (χ2v) is 8.69. The highest BCUT2D eigenvalue weighted by Gasteiger charge is 2.04. The third-order valence-corrected chi connectivity index (χ3v) is 5.59. The quantitative estimate of drug-likeness (QED) is 0.264. The average Bonchev–Trinajstić information content (AvgIpc) is 2.77. The molecule has 0 aromatic heterocycles. The fourth-order valence-electron chi connectivity index (χ4n) is 3.61. The molecule has 0 saturated carbocycles. The Hall–Kier alpha value is -3.02. The predicted molar refractivity (Wildman–Crippen MR) is 137 cm³/mol. The van der Waals surface area contributed by atoms with Crippen molar-refractivity contribution in [3.63, 3.8) is 0 Å². The summed E-state index contributed by atoms with van der Waals surface area (Å²) in [5.41, 5.74) is 13.8. The van der Waals surface area contributed by atoms with E-state index in [1.54, 1.807) is 0 Å². The van der Waals surface area contributed by atoms with Crippen LogP contribution in [0.2, 0.25) is 0 Å². The third kappa shape index (κ3) is 9.41. The zero-order valence-electron chi connectivity index (χ0n) is 20.1. The summed E-state index contributed by atoms with van der Waals surface area (Å²) in [6.45, 7) is 0. The van der Waals surface area contributed by atoms with Crippen LogP contribution in [0.25, 0.3) is 0 Å². The number of nitrogens with one attached hydrogen (secondary N) is 1. The van der Waals surface area contributed by atoms with Crippen LogP contribution in [0.3, 0.4) is 0 Å². The first-order valence-electron chi connectivity index (χ1n) is 11.5. The standard InChI is InChI=1S/C26H39N5O/c1-30(2)24-17-13-21(14-18-24)9-5-7-11-23(28-29-26(27)32)12-8-6-10-22-15-19-25(20-16-22)31(3)4/h13-20H,5-12H2,1-4H3,(H3,27,29,32). The smallest absolute Gasteiger partial charge is 0.332 e. The van der Waals surface area contributed by atoms with Crippen LogP contribution in [0.1, 0.15) is 49.7 Å². The minimum atomic E-state index is -0.607. The molecule has 2 amide bonds. The van der Waals surface area contributed by atoms with Crippen molar-refractivity contribution in [3.05, 3.63) is 59.7 Å². The van der Waals surface area contributed by atoms with Crippen LogP contribution in [-0.4, -0.2) is 39.9 Å². The topological polar surface area (TPSA) is 74.0 Å². The Balaban J connectivity index is 1.74. The van der Waals surface area contributed by atoms with Crippen LogP contribution >= 0.6 is 0 Å². The zero-order chi connectivity index (χ0) is 23.3. The van der Waals surface area contributed by atoms with Gasteiger partial charge in [-0.2, -0.15) is 5.10 Å². The van der Waals surface area contributed by atoms with E-state index >= 15 is 0 Å². The van der Waals surface area contributed by atoms with E-state index in [0.29, 0.717) is 0 Å². The minimum Gasteiger partial charge on any atom is -0.378 e. The molecule has 0 aliphatic carbocycles. The Labute approximate surface area is 193 Å². The first kappa shape index (κ1) is 25.2. The highest BCUT2D eigenvalue weighted by molar-refractivity contribution is 5.85. The van der Waals surface area contributed by atoms with Crippen LogP contribution in [-0.2, 0) is 12.8 Å². The number of hydrazone groups is 1. The van der Waals surface area contributed by atoms with Crippen molar-refractivity contribution in [1.29, 1.82) is 0 Å². The first-order valence-corrected chi connectivity index (χ1v) is 11.5. The second kappa shape index (κ2) is 13.4. The van der Waals surface area contributed by atoms with Crippen LogP contribution in [0.15, 0.2) is 53.6 Å². The number of nitrogens with two attached hydrogens (primary N) is 1. The molecule has 0 spiro atoms. The van der Waals surface area contributed by atoms with Gasteiger partial charge in [0, 0.05) is 45.3 Å². The molecule has 2 rings (SSSR count). The van der Waals surface area contributed by atoms with Crippen LogP contribution in [0, 0.1) is 0 Å². The van der Waals surface area contributed by atoms with E-state index in [0.717, 1.165) is 57.1 Å². The first-order chi connectivity index (χ1) is 15.3. The molecule has 0 bridgehead atoms. The van der Waals surface area contributed by atoms with Gasteiger partial charge in [0.2, 0.25) is 0 Å². The van der Waals surface area contributed by atoms with Gasteiger partial charge in [0.25, 0.3) is 0 Å². The van der Waals surface area contributed by atoms with Gasteiger partial charge in [-0.25, -0.2) is 10.2 Å². The molecule has 6 heteroatoms. The number of benzene rings is 2.